The van der Waals surface area contributed by atoms with Gasteiger partial charge in [0, 0.05) is 19.6 Å². The van der Waals surface area contributed by atoms with Crippen molar-refractivity contribution in [2.75, 3.05) is 19.6 Å². The summed E-state index contributed by atoms with van der Waals surface area (Å²) in [5.74, 6) is 0.386. The van der Waals surface area contributed by atoms with Crippen LogP contribution in [0.5, 0.6) is 0 Å². The number of nitrogens with zero attached hydrogens (tertiary/aromatic N) is 1. The third-order valence-corrected chi connectivity index (χ3v) is 3.82. The van der Waals surface area contributed by atoms with Gasteiger partial charge in [-0.2, -0.15) is 0 Å². The van der Waals surface area contributed by atoms with Crippen molar-refractivity contribution in [3.05, 3.63) is 0 Å². The van der Waals surface area contributed by atoms with E-state index in [-0.39, 0.29) is 19.0 Å². The Hall–Kier alpha value is -1.26. The average molecular weight is 256 g/mol. The minimum Gasteiger partial charge on any atom is -0.481 e. The molecule has 1 saturated carbocycles. The standard InChI is InChI=1S/C13H24N2O3/c1-3-15(8-7-12(16)17)13(18)14-9-11-6-4-5-10(11)2/h10-11H,3-9H2,1-2H3,(H,14,18)(H,16,17). The molecule has 0 radical (unpaired) electrons. The van der Waals surface area contributed by atoms with Crippen molar-refractivity contribution < 1.29 is 14.7 Å². The second-order valence-corrected chi connectivity index (χ2v) is 5.08. The van der Waals surface area contributed by atoms with Crippen LogP contribution >= 0.6 is 0 Å². The zero-order valence-corrected chi connectivity index (χ0v) is 11.3. The van der Waals surface area contributed by atoms with Crippen molar-refractivity contribution in [1.29, 1.82) is 0 Å². The van der Waals surface area contributed by atoms with Gasteiger partial charge in [-0.1, -0.05) is 19.8 Å². The molecule has 2 amide bonds. The third-order valence-electron chi connectivity index (χ3n) is 3.82. The van der Waals surface area contributed by atoms with Crippen LogP contribution in [0, 0.1) is 11.8 Å². The molecule has 104 valence electrons. The maximum absolute atomic E-state index is 11.9. The zero-order valence-electron chi connectivity index (χ0n) is 11.3. The quantitative estimate of drug-likeness (QED) is 0.763. The molecular formula is C13H24N2O3. The van der Waals surface area contributed by atoms with Crippen LogP contribution in [0.1, 0.15) is 39.5 Å². The molecule has 0 bridgehead atoms. The van der Waals surface area contributed by atoms with Gasteiger partial charge in [-0.15, -0.1) is 0 Å². The fraction of sp³-hybridized carbons (Fsp3) is 0.846. The molecule has 1 fully saturated rings. The lowest BCUT2D eigenvalue weighted by Gasteiger charge is -2.23. The van der Waals surface area contributed by atoms with E-state index in [2.05, 4.69) is 12.2 Å². The Morgan fingerprint density at radius 3 is 2.61 bits per heavy atom. The van der Waals surface area contributed by atoms with Gasteiger partial charge in [-0.25, -0.2) is 4.79 Å². The van der Waals surface area contributed by atoms with Crippen molar-refractivity contribution in [1.82, 2.24) is 10.2 Å². The summed E-state index contributed by atoms with van der Waals surface area (Å²) in [5, 5.41) is 11.5. The molecule has 0 aromatic carbocycles. The summed E-state index contributed by atoms with van der Waals surface area (Å²) in [6.07, 6.45) is 3.68. The van der Waals surface area contributed by atoms with Crippen molar-refractivity contribution in [3.8, 4) is 0 Å². The first-order valence-electron chi connectivity index (χ1n) is 6.79. The van der Waals surface area contributed by atoms with Crippen molar-refractivity contribution >= 4 is 12.0 Å². The number of rotatable bonds is 6. The Kier molecular flexibility index (Phi) is 5.95. The van der Waals surface area contributed by atoms with Crippen molar-refractivity contribution in [3.63, 3.8) is 0 Å². The highest BCUT2D eigenvalue weighted by molar-refractivity contribution is 5.75. The molecule has 1 aliphatic carbocycles. The number of hydrogen-bond donors (Lipinski definition) is 2. The number of amides is 2. The lowest BCUT2D eigenvalue weighted by Crippen LogP contribution is -2.42. The summed E-state index contributed by atoms with van der Waals surface area (Å²) in [6, 6.07) is -0.141. The summed E-state index contributed by atoms with van der Waals surface area (Å²) in [5.41, 5.74) is 0. The molecule has 0 aromatic rings. The van der Waals surface area contributed by atoms with Crippen LogP contribution < -0.4 is 5.32 Å². The van der Waals surface area contributed by atoms with Crippen LogP contribution in [0.4, 0.5) is 4.79 Å². The number of carboxylic acids is 1. The molecule has 0 spiro atoms. The fourth-order valence-electron chi connectivity index (χ4n) is 2.49. The van der Waals surface area contributed by atoms with E-state index in [4.69, 9.17) is 5.11 Å². The summed E-state index contributed by atoms with van der Waals surface area (Å²) >= 11 is 0. The molecule has 5 heteroatoms. The number of carboxylic acid groups (broad SMARTS) is 1. The summed E-state index contributed by atoms with van der Waals surface area (Å²) < 4.78 is 0. The first-order valence-corrected chi connectivity index (χ1v) is 6.79. The van der Waals surface area contributed by atoms with Gasteiger partial charge < -0.3 is 15.3 Å². The van der Waals surface area contributed by atoms with Crippen LogP contribution in [-0.2, 0) is 4.79 Å². The van der Waals surface area contributed by atoms with E-state index in [0.717, 1.165) is 0 Å². The van der Waals surface area contributed by atoms with Gasteiger partial charge in [0.2, 0.25) is 0 Å². The Labute approximate surface area is 109 Å². The van der Waals surface area contributed by atoms with E-state index in [9.17, 15) is 9.59 Å². The highest BCUT2D eigenvalue weighted by Crippen LogP contribution is 2.30. The fourth-order valence-corrected chi connectivity index (χ4v) is 2.49. The maximum atomic E-state index is 11.9. The van der Waals surface area contributed by atoms with Gasteiger partial charge in [0.15, 0.2) is 0 Å². The molecule has 18 heavy (non-hydrogen) atoms. The predicted octanol–water partition coefficient (Wildman–Crippen LogP) is 1.93. The normalized spacial score (nSPS) is 22.8. The van der Waals surface area contributed by atoms with E-state index in [1.165, 1.54) is 19.3 Å². The van der Waals surface area contributed by atoms with E-state index in [0.29, 0.717) is 24.9 Å². The monoisotopic (exact) mass is 256 g/mol. The van der Waals surface area contributed by atoms with Gasteiger partial charge >= 0.3 is 12.0 Å². The van der Waals surface area contributed by atoms with Crippen LogP contribution in [-0.4, -0.2) is 41.6 Å². The molecule has 1 rings (SSSR count). The minimum absolute atomic E-state index is 0.00108. The van der Waals surface area contributed by atoms with Gasteiger partial charge in [0.25, 0.3) is 0 Å². The molecule has 0 saturated heterocycles. The van der Waals surface area contributed by atoms with Crippen LogP contribution in [0.3, 0.4) is 0 Å². The van der Waals surface area contributed by atoms with Gasteiger partial charge in [0.1, 0.15) is 0 Å². The van der Waals surface area contributed by atoms with Crippen LogP contribution in [0.25, 0.3) is 0 Å². The summed E-state index contributed by atoms with van der Waals surface area (Å²) in [6.45, 7) is 5.62. The number of aliphatic carboxylic acids is 1. The molecule has 2 atom stereocenters. The molecular weight excluding hydrogens is 232 g/mol. The molecule has 2 N–H and O–H groups in total. The number of carbonyl (C=O) groups excluding carboxylic acids is 1. The smallest absolute Gasteiger partial charge is 0.317 e. The molecule has 0 heterocycles. The minimum atomic E-state index is -0.870. The molecule has 0 aliphatic heterocycles. The highest BCUT2D eigenvalue weighted by atomic mass is 16.4. The Balaban J connectivity index is 2.30. The lowest BCUT2D eigenvalue weighted by molar-refractivity contribution is -0.137. The van der Waals surface area contributed by atoms with E-state index in [1.54, 1.807) is 4.90 Å². The SMILES string of the molecule is CCN(CCC(=O)O)C(=O)NCC1CCCC1C. The number of nitrogens with one attached hydrogen (secondary N) is 1. The average Bonchev–Trinajstić information content (AvgIpc) is 2.72. The second kappa shape index (κ2) is 7.24. The van der Waals surface area contributed by atoms with Crippen LogP contribution in [0.15, 0.2) is 0 Å². The Morgan fingerprint density at radius 1 is 1.39 bits per heavy atom. The first-order chi connectivity index (χ1) is 8.54. The van der Waals surface area contributed by atoms with E-state index < -0.39 is 5.97 Å². The van der Waals surface area contributed by atoms with Gasteiger partial charge in [-0.3, -0.25) is 4.79 Å². The Morgan fingerprint density at radius 2 is 2.11 bits per heavy atom. The number of urea groups is 1. The molecule has 2 unspecified atom stereocenters. The maximum Gasteiger partial charge on any atom is 0.317 e. The van der Waals surface area contributed by atoms with E-state index >= 15 is 0 Å². The Bertz CT molecular complexity index is 294. The molecule has 1 aliphatic rings. The summed E-state index contributed by atoms with van der Waals surface area (Å²) in [7, 11) is 0. The second-order valence-electron chi connectivity index (χ2n) is 5.08. The number of hydrogen-bond acceptors (Lipinski definition) is 2. The predicted molar refractivity (Wildman–Crippen MR) is 69.4 cm³/mol. The van der Waals surface area contributed by atoms with E-state index in [1.807, 2.05) is 6.92 Å². The van der Waals surface area contributed by atoms with Gasteiger partial charge in [-0.05, 0) is 25.2 Å². The molecule has 0 aromatic heterocycles. The van der Waals surface area contributed by atoms with Gasteiger partial charge in [0.05, 0.1) is 6.42 Å². The first kappa shape index (κ1) is 14.8. The largest absolute Gasteiger partial charge is 0.481 e. The topological polar surface area (TPSA) is 69.6 Å². The molecule has 5 nitrogen and oxygen atoms in total. The lowest BCUT2D eigenvalue weighted by atomic mass is 9.98. The zero-order chi connectivity index (χ0) is 13.5. The van der Waals surface area contributed by atoms with Crippen LogP contribution in [0.2, 0.25) is 0 Å². The summed E-state index contributed by atoms with van der Waals surface area (Å²) in [4.78, 5) is 23.9. The highest BCUT2D eigenvalue weighted by Gasteiger charge is 2.24. The third kappa shape index (κ3) is 4.55. The number of carbonyl (C=O) groups is 2. The van der Waals surface area contributed by atoms with Crippen molar-refractivity contribution in [2.24, 2.45) is 11.8 Å². The van der Waals surface area contributed by atoms with Crippen molar-refractivity contribution in [2.45, 2.75) is 39.5 Å².